The topological polar surface area (TPSA) is 66.5 Å². The van der Waals surface area contributed by atoms with Gasteiger partial charge in [-0.05, 0) is 44.9 Å². The van der Waals surface area contributed by atoms with Gasteiger partial charge in [-0.15, -0.1) is 24.8 Å². The highest BCUT2D eigenvalue weighted by atomic mass is 35.5. The molecule has 6 nitrogen and oxygen atoms in total. The second-order valence-corrected chi connectivity index (χ2v) is 6.96. The van der Waals surface area contributed by atoms with Crippen molar-refractivity contribution in [3.8, 4) is 0 Å². The predicted octanol–water partition coefficient (Wildman–Crippen LogP) is 2.30. The molecule has 0 bridgehead atoms. The second-order valence-electron chi connectivity index (χ2n) is 6.96. The van der Waals surface area contributed by atoms with Gasteiger partial charge in [0.1, 0.15) is 5.82 Å². The number of hydrogen-bond acceptors (Lipinski definition) is 5. The van der Waals surface area contributed by atoms with E-state index in [1.54, 1.807) is 0 Å². The summed E-state index contributed by atoms with van der Waals surface area (Å²) in [6.07, 6.45) is 5.13. The van der Waals surface area contributed by atoms with Crippen molar-refractivity contribution in [1.29, 1.82) is 0 Å². The van der Waals surface area contributed by atoms with Gasteiger partial charge in [0, 0.05) is 38.3 Å². The van der Waals surface area contributed by atoms with Crippen LogP contribution in [-0.4, -0.2) is 48.8 Å². The van der Waals surface area contributed by atoms with Crippen molar-refractivity contribution in [1.82, 2.24) is 15.6 Å². The smallest absolute Gasteiger partial charge is 0.221 e. The first kappa shape index (κ1) is 23.0. The quantitative estimate of drug-likeness (QED) is 0.787. The van der Waals surface area contributed by atoms with Crippen molar-refractivity contribution in [2.75, 3.05) is 24.5 Å². The van der Waals surface area contributed by atoms with E-state index in [9.17, 15) is 4.79 Å². The van der Waals surface area contributed by atoms with Crippen molar-refractivity contribution in [2.24, 2.45) is 0 Å². The highest BCUT2D eigenvalue weighted by Crippen LogP contribution is 2.18. The Morgan fingerprint density at radius 1 is 1.31 bits per heavy atom. The monoisotopic (exact) mass is 404 g/mol. The maximum absolute atomic E-state index is 12.0. The molecule has 8 heteroatoms. The third-order valence-corrected chi connectivity index (χ3v) is 4.64. The Kier molecular flexibility index (Phi) is 9.64. The summed E-state index contributed by atoms with van der Waals surface area (Å²) in [6.45, 7) is 7.47. The number of rotatable bonds is 5. The van der Waals surface area contributed by atoms with E-state index in [-0.39, 0.29) is 42.9 Å². The number of anilines is 1. The minimum atomic E-state index is 0. The molecule has 2 aliphatic rings. The maximum atomic E-state index is 12.0. The van der Waals surface area contributed by atoms with Gasteiger partial charge in [0.05, 0.1) is 12.2 Å². The number of amides is 1. The van der Waals surface area contributed by atoms with Gasteiger partial charge in [-0.3, -0.25) is 4.79 Å². The summed E-state index contributed by atoms with van der Waals surface area (Å²) in [5.41, 5.74) is 1.03. The first-order valence-electron chi connectivity index (χ1n) is 8.95. The Morgan fingerprint density at radius 3 is 2.62 bits per heavy atom. The fourth-order valence-electron chi connectivity index (χ4n) is 3.50. The molecular weight excluding hydrogens is 375 g/mol. The molecule has 1 aromatic rings. The van der Waals surface area contributed by atoms with Crippen LogP contribution in [0.5, 0.6) is 0 Å². The zero-order valence-electron chi connectivity index (χ0n) is 15.4. The lowest BCUT2D eigenvalue weighted by Gasteiger charge is -2.36. The molecule has 2 N–H and O–H groups in total. The van der Waals surface area contributed by atoms with Crippen LogP contribution >= 0.6 is 24.8 Å². The lowest BCUT2D eigenvalue weighted by atomic mass is 10.1. The molecule has 2 fully saturated rings. The summed E-state index contributed by atoms with van der Waals surface area (Å²) in [6, 6.07) is 4.42. The molecular formula is C18H30Cl2N4O2. The van der Waals surface area contributed by atoms with E-state index in [0.29, 0.717) is 19.0 Å². The molecule has 148 valence electrons. The fourth-order valence-corrected chi connectivity index (χ4v) is 3.50. The molecule has 0 radical (unpaired) electrons. The molecule has 0 spiro atoms. The predicted molar refractivity (Wildman–Crippen MR) is 108 cm³/mol. The van der Waals surface area contributed by atoms with Crippen LogP contribution in [-0.2, 0) is 16.1 Å². The Balaban J connectivity index is 0.00000169. The number of ether oxygens (including phenoxy) is 1. The van der Waals surface area contributed by atoms with Gasteiger partial charge >= 0.3 is 0 Å². The summed E-state index contributed by atoms with van der Waals surface area (Å²) in [4.78, 5) is 18.8. The molecule has 26 heavy (non-hydrogen) atoms. The lowest BCUT2D eigenvalue weighted by Crippen LogP contribution is -2.45. The van der Waals surface area contributed by atoms with Crippen LogP contribution in [0.25, 0.3) is 0 Å². The molecule has 1 amide bonds. The number of nitrogens with zero attached hydrogens (tertiary/aromatic N) is 2. The molecule has 3 heterocycles. The van der Waals surface area contributed by atoms with Crippen molar-refractivity contribution < 1.29 is 9.53 Å². The van der Waals surface area contributed by atoms with Gasteiger partial charge in [0.2, 0.25) is 5.91 Å². The average molecular weight is 405 g/mol. The van der Waals surface area contributed by atoms with Crippen LogP contribution in [0.3, 0.4) is 0 Å². The number of morpholine rings is 1. The molecule has 3 atom stereocenters. The Bertz CT molecular complexity index is 543. The van der Waals surface area contributed by atoms with E-state index in [2.05, 4.69) is 34.4 Å². The van der Waals surface area contributed by atoms with E-state index < -0.39 is 0 Å². The molecule has 3 unspecified atom stereocenters. The third-order valence-electron chi connectivity index (χ3n) is 4.64. The largest absolute Gasteiger partial charge is 0.372 e. The molecule has 0 aliphatic carbocycles. The van der Waals surface area contributed by atoms with E-state index in [1.807, 2.05) is 18.3 Å². The summed E-state index contributed by atoms with van der Waals surface area (Å²) < 4.78 is 5.76. The van der Waals surface area contributed by atoms with Gasteiger partial charge in [-0.25, -0.2) is 4.98 Å². The summed E-state index contributed by atoms with van der Waals surface area (Å²) in [5, 5.41) is 6.33. The first-order chi connectivity index (χ1) is 11.6. The van der Waals surface area contributed by atoms with E-state index in [0.717, 1.165) is 37.4 Å². The maximum Gasteiger partial charge on any atom is 0.221 e. The highest BCUT2D eigenvalue weighted by molar-refractivity contribution is 5.85. The van der Waals surface area contributed by atoms with Crippen molar-refractivity contribution in [3.63, 3.8) is 0 Å². The normalized spacial score (nSPS) is 25.2. The van der Waals surface area contributed by atoms with E-state index in [1.165, 1.54) is 6.42 Å². The van der Waals surface area contributed by atoms with Gasteiger partial charge in [-0.1, -0.05) is 6.07 Å². The van der Waals surface area contributed by atoms with Gasteiger partial charge in [-0.2, -0.15) is 0 Å². The molecule has 2 aliphatic heterocycles. The zero-order valence-corrected chi connectivity index (χ0v) is 17.1. The lowest BCUT2D eigenvalue weighted by molar-refractivity contribution is -0.121. The minimum absolute atomic E-state index is 0. The van der Waals surface area contributed by atoms with Crippen molar-refractivity contribution in [3.05, 3.63) is 23.9 Å². The number of hydrogen-bond donors (Lipinski definition) is 2. The van der Waals surface area contributed by atoms with E-state index >= 15 is 0 Å². The average Bonchev–Trinajstić information content (AvgIpc) is 3.05. The van der Waals surface area contributed by atoms with E-state index in [4.69, 9.17) is 4.74 Å². The van der Waals surface area contributed by atoms with Crippen LogP contribution in [0, 0.1) is 0 Å². The SMILES string of the molecule is CC1CN(c2ccc(CNC(=O)CC3CCCN3)cn2)CC(C)O1.Cl.Cl. The Hall–Kier alpha value is -1.08. The van der Waals surface area contributed by atoms with Crippen molar-refractivity contribution >= 4 is 36.5 Å². The Labute approximate surface area is 168 Å². The fraction of sp³-hybridized carbons (Fsp3) is 0.667. The molecule has 0 aromatic carbocycles. The number of nitrogens with one attached hydrogen (secondary N) is 2. The number of carbonyl (C=O) groups excluding carboxylic acids is 1. The number of pyridine rings is 1. The van der Waals surface area contributed by atoms with Crippen LogP contribution in [0.15, 0.2) is 18.3 Å². The molecule has 2 saturated heterocycles. The highest BCUT2D eigenvalue weighted by Gasteiger charge is 2.23. The van der Waals surface area contributed by atoms with Crippen molar-refractivity contribution in [2.45, 2.75) is 57.9 Å². The second kappa shape index (κ2) is 10.9. The van der Waals surface area contributed by atoms with Gasteiger partial charge < -0.3 is 20.3 Å². The van der Waals surface area contributed by atoms with Gasteiger partial charge in [0.15, 0.2) is 0 Å². The standard InChI is InChI=1S/C18H28N4O2.2ClH/c1-13-11-22(12-14(2)24-13)17-6-5-15(9-20-17)10-21-18(23)8-16-4-3-7-19-16;;/h5-6,9,13-14,16,19H,3-4,7-8,10-12H2,1-2H3,(H,21,23);2*1H. The van der Waals surface area contributed by atoms with Crippen LogP contribution in [0.1, 0.15) is 38.7 Å². The third kappa shape index (κ3) is 6.58. The number of aromatic nitrogens is 1. The summed E-state index contributed by atoms with van der Waals surface area (Å²) in [5.74, 6) is 1.08. The number of carbonyl (C=O) groups is 1. The van der Waals surface area contributed by atoms with Crippen LogP contribution in [0.2, 0.25) is 0 Å². The summed E-state index contributed by atoms with van der Waals surface area (Å²) in [7, 11) is 0. The first-order valence-corrected chi connectivity index (χ1v) is 8.95. The zero-order chi connectivity index (χ0) is 16.9. The minimum Gasteiger partial charge on any atom is -0.372 e. The van der Waals surface area contributed by atoms with Gasteiger partial charge in [0.25, 0.3) is 0 Å². The number of halogens is 2. The Morgan fingerprint density at radius 2 is 2.04 bits per heavy atom. The summed E-state index contributed by atoms with van der Waals surface area (Å²) >= 11 is 0. The molecule has 3 rings (SSSR count). The molecule has 1 aromatic heterocycles. The van der Waals surface area contributed by atoms with Crippen LogP contribution in [0.4, 0.5) is 5.82 Å². The molecule has 0 saturated carbocycles. The van der Waals surface area contributed by atoms with Crippen LogP contribution < -0.4 is 15.5 Å².